The van der Waals surface area contributed by atoms with E-state index in [2.05, 4.69) is 20.3 Å². The summed E-state index contributed by atoms with van der Waals surface area (Å²) in [5.41, 5.74) is 3.12. The van der Waals surface area contributed by atoms with Gasteiger partial charge >= 0.3 is 6.09 Å². The van der Waals surface area contributed by atoms with Crippen molar-refractivity contribution in [1.82, 2.24) is 24.8 Å². The quantitative estimate of drug-likeness (QED) is 0.177. The Morgan fingerprint density at radius 1 is 1.04 bits per heavy atom. The number of likely N-dealkylation sites (tertiary alicyclic amines) is 1. The highest BCUT2D eigenvalue weighted by Crippen LogP contribution is 2.33. The van der Waals surface area contributed by atoms with Crippen LogP contribution in [-0.2, 0) is 4.74 Å². The molecule has 4 aromatic rings. The van der Waals surface area contributed by atoms with Gasteiger partial charge in [0.05, 0.1) is 27.8 Å². The van der Waals surface area contributed by atoms with Crippen molar-refractivity contribution in [1.29, 1.82) is 0 Å². The summed E-state index contributed by atoms with van der Waals surface area (Å²) in [6, 6.07) is 10.3. The number of hydrogen-bond acceptors (Lipinski definition) is 9. The minimum Gasteiger partial charge on any atom is -0.491 e. The van der Waals surface area contributed by atoms with Crippen LogP contribution in [0.3, 0.4) is 0 Å². The van der Waals surface area contributed by atoms with E-state index in [0.717, 1.165) is 11.1 Å². The van der Waals surface area contributed by atoms with Crippen molar-refractivity contribution in [3.8, 4) is 17.1 Å². The highest BCUT2D eigenvalue weighted by atomic mass is 16.6. The number of piperidine rings is 1. The number of rotatable bonds is 8. The Bertz CT molecular complexity index is 1900. The van der Waals surface area contributed by atoms with Crippen LogP contribution in [0.15, 0.2) is 47.4 Å². The molecule has 2 aliphatic rings. The third-order valence-electron chi connectivity index (χ3n) is 8.49. The minimum atomic E-state index is -0.874. The van der Waals surface area contributed by atoms with Crippen LogP contribution in [0.5, 0.6) is 5.75 Å². The molecule has 4 heterocycles. The predicted molar refractivity (Wildman–Crippen MR) is 191 cm³/mol. The van der Waals surface area contributed by atoms with Gasteiger partial charge in [-0.2, -0.15) is 0 Å². The molecule has 4 N–H and O–H groups in total. The van der Waals surface area contributed by atoms with E-state index in [1.165, 1.54) is 11.1 Å². The van der Waals surface area contributed by atoms with Crippen LogP contribution < -0.4 is 15.6 Å². The number of amides is 3. The molecule has 0 spiro atoms. The largest absolute Gasteiger partial charge is 0.491 e. The Morgan fingerprint density at radius 2 is 1.72 bits per heavy atom. The normalized spacial score (nSPS) is 15.4. The van der Waals surface area contributed by atoms with Crippen molar-refractivity contribution in [2.75, 3.05) is 31.6 Å². The molecule has 2 aromatic carbocycles. The second-order valence-electron chi connectivity index (χ2n) is 13.4. The number of benzene rings is 2. The number of nitrogens with one attached hydrogen (secondary N) is 3. The molecule has 6 rings (SSSR count). The second-order valence-corrected chi connectivity index (χ2v) is 13.4. The van der Waals surface area contributed by atoms with Gasteiger partial charge in [0.1, 0.15) is 35.4 Å². The number of nitrogens with zero attached hydrogens (tertiary/aromatic N) is 3. The van der Waals surface area contributed by atoms with Crippen LogP contribution in [0.25, 0.3) is 22.4 Å². The van der Waals surface area contributed by atoms with Crippen LogP contribution in [0.2, 0.25) is 0 Å². The Morgan fingerprint density at radius 3 is 2.38 bits per heavy atom. The lowest BCUT2D eigenvalue weighted by molar-refractivity contribution is 0.0156. The van der Waals surface area contributed by atoms with Crippen LogP contribution in [-0.4, -0.2) is 91.8 Å². The Balaban J connectivity index is 0.00000239. The molecule has 0 bridgehead atoms. The highest BCUT2D eigenvalue weighted by Gasteiger charge is 2.42. The number of pyridine rings is 1. The molecule has 13 heteroatoms. The molecule has 1 atom stereocenters. The maximum Gasteiger partial charge on any atom is 0.410 e. The molecule has 50 heavy (non-hydrogen) atoms. The van der Waals surface area contributed by atoms with Gasteiger partial charge in [-0.15, -0.1) is 0 Å². The van der Waals surface area contributed by atoms with Crippen molar-refractivity contribution in [3.05, 3.63) is 75.2 Å². The lowest BCUT2D eigenvalue weighted by Crippen LogP contribution is -2.49. The fourth-order valence-electron chi connectivity index (χ4n) is 6.14. The van der Waals surface area contributed by atoms with Crippen LogP contribution in [0.4, 0.5) is 10.5 Å². The molecule has 2 aromatic heterocycles. The molecule has 1 unspecified atom stereocenters. The van der Waals surface area contributed by atoms with Gasteiger partial charge in [-0.3, -0.25) is 19.3 Å². The molecule has 2 aliphatic heterocycles. The molecule has 1 fully saturated rings. The Kier molecular flexibility index (Phi) is 10.7. The summed E-state index contributed by atoms with van der Waals surface area (Å²) in [5, 5.41) is 13.7. The number of anilines is 1. The molecular formula is C37H46N6O7. The number of H-pyrrole nitrogens is 2. The molecule has 0 saturated carbocycles. The number of aliphatic hydroxyl groups excluding tert-OH is 1. The average Bonchev–Trinajstić information content (AvgIpc) is 3.59. The fraction of sp³-hybridized carbons (Fsp3) is 0.432. The van der Waals surface area contributed by atoms with Crippen LogP contribution in [0, 0.1) is 13.8 Å². The number of fused-ring (bicyclic) bond motifs is 2. The number of aryl methyl sites for hydroxylation is 2. The van der Waals surface area contributed by atoms with Gasteiger partial charge in [-0.05, 0) is 77.3 Å². The molecule has 266 valence electrons. The monoisotopic (exact) mass is 686 g/mol. The standard InChI is InChI=1S/C35H40N6O7.C2H6/c1-19-6-7-28(20(2)14-19)47-18-22(42)17-37-25-8-11-36-31(43)29(25)30-38-26-15-23-24(16-27(26)39-30)33(45)41(32(23)44)21-9-12-40(13-10-21)34(46)48-35(3,4)5;1-2/h6-8,11,14-16,21-22,42H,9-10,12-13,17-18H2,1-5H3,(H,38,39)(H2,36,37,43);1-2H3. The van der Waals surface area contributed by atoms with E-state index >= 15 is 0 Å². The van der Waals surface area contributed by atoms with E-state index in [1.807, 2.05) is 45.9 Å². The maximum atomic E-state index is 13.5. The number of carbonyl (C=O) groups excluding carboxylic acids is 3. The number of ether oxygens (including phenoxy) is 2. The number of aliphatic hydroxyl groups is 1. The fourth-order valence-corrected chi connectivity index (χ4v) is 6.14. The molecular weight excluding hydrogens is 640 g/mol. The topological polar surface area (TPSA) is 170 Å². The molecule has 0 radical (unpaired) electrons. The van der Waals surface area contributed by atoms with Gasteiger partial charge in [0, 0.05) is 31.9 Å². The number of carbonyl (C=O) groups is 3. The zero-order valence-electron chi connectivity index (χ0n) is 29.7. The lowest BCUT2D eigenvalue weighted by atomic mass is 10.0. The number of imidazole rings is 1. The van der Waals surface area contributed by atoms with Gasteiger partial charge in [0.15, 0.2) is 0 Å². The highest BCUT2D eigenvalue weighted by molar-refractivity contribution is 6.23. The summed E-state index contributed by atoms with van der Waals surface area (Å²) in [6.07, 6.45) is 1.11. The smallest absolute Gasteiger partial charge is 0.410 e. The summed E-state index contributed by atoms with van der Waals surface area (Å²) >= 11 is 0. The second kappa shape index (κ2) is 14.8. The van der Waals surface area contributed by atoms with Gasteiger partial charge in [-0.25, -0.2) is 9.78 Å². The number of aromatic nitrogens is 3. The van der Waals surface area contributed by atoms with Gasteiger partial charge in [-0.1, -0.05) is 31.5 Å². The third kappa shape index (κ3) is 7.67. The minimum absolute atomic E-state index is 0.0492. The average molecular weight is 687 g/mol. The van der Waals surface area contributed by atoms with Crippen LogP contribution in [0.1, 0.15) is 79.3 Å². The molecule has 0 aliphatic carbocycles. The van der Waals surface area contributed by atoms with E-state index in [4.69, 9.17) is 9.47 Å². The number of aromatic amines is 2. The van der Waals surface area contributed by atoms with Gasteiger partial charge in [0.25, 0.3) is 17.4 Å². The van der Waals surface area contributed by atoms with Crippen molar-refractivity contribution in [2.45, 2.75) is 79.1 Å². The SMILES string of the molecule is CC.Cc1ccc(OCC(O)CNc2cc[nH]c(=O)c2-c2nc3cc4c(cc3[nH]2)C(=O)N(C2CCN(C(=O)OC(C)(C)C)CC2)C4=O)c(C)c1. The molecule has 3 amide bonds. The zero-order chi connectivity index (χ0) is 36.3. The van der Waals surface area contributed by atoms with Crippen molar-refractivity contribution in [3.63, 3.8) is 0 Å². The Labute approximate surface area is 291 Å². The summed E-state index contributed by atoms with van der Waals surface area (Å²) in [7, 11) is 0. The van der Waals surface area contributed by atoms with Gasteiger partial charge < -0.3 is 34.8 Å². The van der Waals surface area contributed by atoms with Crippen molar-refractivity contribution < 1.29 is 29.0 Å². The van der Waals surface area contributed by atoms with E-state index in [1.54, 1.807) is 43.9 Å². The summed E-state index contributed by atoms with van der Waals surface area (Å²) in [5.74, 6) is 0.120. The zero-order valence-corrected chi connectivity index (χ0v) is 29.7. The van der Waals surface area contributed by atoms with E-state index in [9.17, 15) is 24.3 Å². The molecule has 13 nitrogen and oxygen atoms in total. The van der Waals surface area contributed by atoms with Gasteiger partial charge in [0.2, 0.25) is 0 Å². The van der Waals surface area contributed by atoms with E-state index in [-0.39, 0.29) is 41.7 Å². The van der Waals surface area contributed by atoms with Crippen molar-refractivity contribution in [2.24, 2.45) is 0 Å². The first-order chi connectivity index (χ1) is 23.8. The lowest BCUT2D eigenvalue weighted by Gasteiger charge is -2.36. The van der Waals surface area contributed by atoms with E-state index in [0.29, 0.717) is 48.4 Å². The first-order valence-electron chi connectivity index (χ1n) is 17.0. The summed E-state index contributed by atoms with van der Waals surface area (Å²) in [6.45, 7) is 14.3. The van der Waals surface area contributed by atoms with Crippen LogP contribution >= 0.6 is 0 Å². The van der Waals surface area contributed by atoms with Crippen molar-refractivity contribution >= 4 is 34.6 Å². The summed E-state index contributed by atoms with van der Waals surface area (Å²) in [4.78, 5) is 65.9. The number of imide groups is 1. The first-order valence-corrected chi connectivity index (χ1v) is 17.0. The number of hydrogen-bond donors (Lipinski definition) is 4. The van der Waals surface area contributed by atoms with E-state index < -0.39 is 35.2 Å². The Hall–Kier alpha value is -5.17. The third-order valence-corrected chi connectivity index (χ3v) is 8.49. The summed E-state index contributed by atoms with van der Waals surface area (Å²) < 4.78 is 11.3. The predicted octanol–water partition coefficient (Wildman–Crippen LogP) is 5.41. The first kappa shape index (κ1) is 36.1. The maximum absolute atomic E-state index is 13.5. The molecule has 1 saturated heterocycles.